The fourth-order valence-electron chi connectivity index (χ4n) is 3.77. The van der Waals surface area contributed by atoms with E-state index in [0.717, 1.165) is 57.0 Å². The average molecular weight is 428 g/mol. The normalized spacial score (nSPS) is 14.2. The molecule has 1 fully saturated rings. The van der Waals surface area contributed by atoms with Crippen molar-refractivity contribution in [3.63, 3.8) is 0 Å². The van der Waals surface area contributed by atoms with Crippen LogP contribution in [0.3, 0.4) is 0 Å². The van der Waals surface area contributed by atoms with E-state index in [-0.39, 0.29) is 5.91 Å². The monoisotopic (exact) mass is 427 g/mol. The molecule has 0 radical (unpaired) electrons. The van der Waals surface area contributed by atoms with Gasteiger partial charge in [-0.25, -0.2) is 9.97 Å². The van der Waals surface area contributed by atoms with Gasteiger partial charge in [0, 0.05) is 38.2 Å². The lowest BCUT2D eigenvalue weighted by Crippen LogP contribution is -2.34. The van der Waals surface area contributed by atoms with Gasteiger partial charge in [-0.2, -0.15) is 0 Å². The highest BCUT2D eigenvalue weighted by atomic mass is 16.5. The number of carbonyl (C=O) groups excluding carboxylic acids is 1. The Bertz CT molecular complexity index is 853. The number of amides is 1. The number of nitrogens with one attached hydrogen (secondary N) is 2. The van der Waals surface area contributed by atoms with E-state index in [9.17, 15) is 4.79 Å². The molecule has 1 aliphatic rings. The Morgan fingerprint density at radius 3 is 2.68 bits per heavy atom. The highest BCUT2D eigenvalue weighted by Gasteiger charge is 2.21. The fraction of sp³-hybridized carbons (Fsp3) is 0.522. The molecule has 1 amide bonds. The first-order valence-corrected chi connectivity index (χ1v) is 11.0. The summed E-state index contributed by atoms with van der Waals surface area (Å²) in [5.41, 5.74) is 0.666. The van der Waals surface area contributed by atoms with Gasteiger partial charge >= 0.3 is 0 Å². The van der Waals surface area contributed by atoms with Crippen molar-refractivity contribution < 1.29 is 14.3 Å². The standard InChI is InChI=1S/C23H33N5O3/c1-4-11-24-21-15-22(26-16-25-21)28-12-9-17(10-13-28)5-8-23(29)27-19-7-6-18(30-2)14-20(19)31-3/h6-7,14-17H,4-5,8-13H2,1-3H3,(H,27,29)(H,24,25,26). The summed E-state index contributed by atoms with van der Waals surface area (Å²) >= 11 is 0. The van der Waals surface area contributed by atoms with Crippen LogP contribution < -0.4 is 25.0 Å². The van der Waals surface area contributed by atoms with Crippen molar-refractivity contribution in [1.29, 1.82) is 0 Å². The van der Waals surface area contributed by atoms with Crippen molar-refractivity contribution in [2.24, 2.45) is 5.92 Å². The second-order valence-corrected chi connectivity index (χ2v) is 7.77. The summed E-state index contributed by atoms with van der Waals surface area (Å²) in [5.74, 6) is 3.68. The van der Waals surface area contributed by atoms with Gasteiger partial charge in [0.25, 0.3) is 0 Å². The fourth-order valence-corrected chi connectivity index (χ4v) is 3.77. The highest BCUT2D eigenvalue weighted by Crippen LogP contribution is 2.30. The number of benzene rings is 1. The van der Waals surface area contributed by atoms with E-state index in [1.807, 2.05) is 12.1 Å². The molecular formula is C23H33N5O3. The SMILES string of the molecule is CCCNc1cc(N2CCC(CCC(=O)Nc3ccc(OC)cc3OC)CC2)ncn1. The topological polar surface area (TPSA) is 88.6 Å². The lowest BCUT2D eigenvalue weighted by Gasteiger charge is -2.32. The van der Waals surface area contributed by atoms with Crippen LogP contribution in [0.1, 0.15) is 39.0 Å². The van der Waals surface area contributed by atoms with E-state index in [4.69, 9.17) is 9.47 Å². The summed E-state index contributed by atoms with van der Waals surface area (Å²) < 4.78 is 10.6. The molecule has 0 saturated carbocycles. The second-order valence-electron chi connectivity index (χ2n) is 7.77. The molecule has 1 saturated heterocycles. The number of aromatic nitrogens is 2. The summed E-state index contributed by atoms with van der Waals surface area (Å²) in [6.45, 7) is 4.93. The van der Waals surface area contributed by atoms with Gasteiger partial charge in [-0.1, -0.05) is 6.92 Å². The van der Waals surface area contributed by atoms with Gasteiger partial charge in [-0.3, -0.25) is 4.79 Å². The first-order chi connectivity index (χ1) is 15.1. The summed E-state index contributed by atoms with van der Waals surface area (Å²) in [4.78, 5) is 23.5. The first kappa shape index (κ1) is 22.7. The maximum atomic E-state index is 12.5. The molecule has 2 aromatic rings. The Labute approximate surface area is 184 Å². The molecule has 1 aromatic heterocycles. The Morgan fingerprint density at radius 2 is 1.97 bits per heavy atom. The average Bonchev–Trinajstić information content (AvgIpc) is 2.82. The van der Waals surface area contributed by atoms with Crippen LogP contribution in [0.4, 0.5) is 17.3 Å². The molecule has 1 aliphatic heterocycles. The van der Waals surface area contributed by atoms with Gasteiger partial charge in [0.2, 0.25) is 5.91 Å². The maximum absolute atomic E-state index is 12.5. The molecule has 0 spiro atoms. The lowest BCUT2D eigenvalue weighted by atomic mass is 9.92. The molecule has 2 heterocycles. The van der Waals surface area contributed by atoms with Crippen molar-refractivity contribution in [3.05, 3.63) is 30.6 Å². The number of methoxy groups -OCH3 is 2. The van der Waals surface area contributed by atoms with Crippen LogP contribution in [0.25, 0.3) is 0 Å². The zero-order valence-electron chi connectivity index (χ0n) is 18.7. The van der Waals surface area contributed by atoms with Crippen LogP contribution in [0.2, 0.25) is 0 Å². The molecule has 8 heteroatoms. The zero-order valence-corrected chi connectivity index (χ0v) is 18.7. The summed E-state index contributed by atoms with van der Waals surface area (Å²) in [6.07, 6.45) is 6.17. The number of ether oxygens (including phenoxy) is 2. The van der Waals surface area contributed by atoms with E-state index >= 15 is 0 Å². The van der Waals surface area contributed by atoms with E-state index in [2.05, 4.69) is 32.4 Å². The predicted octanol–water partition coefficient (Wildman–Crippen LogP) is 3.95. The molecule has 2 N–H and O–H groups in total. The van der Waals surface area contributed by atoms with Gasteiger partial charge < -0.3 is 25.0 Å². The van der Waals surface area contributed by atoms with Crippen molar-refractivity contribution in [2.75, 3.05) is 49.4 Å². The number of hydrogen-bond acceptors (Lipinski definition) is 7. The van der Waals surface area contributed by atoms with Gasteiger partial charge in [-0.05, 0) is 43.7 Å². The number of hydrogen-bond donors (Lipinski definition) is 2. The van der Waals surface area contributed by atoms with Crippen molar-refractivity contribution in [1.82, 2.24) is 9.97 Å². The number of rotatable bonds is 10. The molecule has 8 nitrogen and oxygen atoms in total. The lowest BCUT2D eigenvalue weighted by molar-refractivity contribution is -0.116. The van der Waals surface area contributed by atoms with Crippen LogP contribution in [-0.4, -0.2) is 49.7 Å². The van der Waals surface area contributed by atoms with Gasteiger partial charge in [0.05, 0.1) is 19.9 Å². The second kappa shape index (κ2) is 11.4. The quantitative estimate of drug-likeness (QED) is 0.593. The smallest absolute Gasteiger partial charge is 0.224 e. The third-order valence-electron chi connectivity index (χ3n) is 5.61. The molecule has 1 aromatic carbocycles. The molecular weight excluding hydrogens is 394 g/mol. The Balaban J connectivity index is 1.45. The minimum absolute atomic E-state index is 0.00772. The van der Waals surface area contributed by atoms with E-state index in [0.29, 0.717) is 29.5 Å². The zero-order chi connectivity index (χ0) is 22.1. The largest absolute Gasteiger partial charge is 0.497 e. The third kappa shape index (κ3) is 6.47. The van der Waals surface area contributed by atoms with Crippen molar-refractivity contribution >= 4 is 23.2 Å². The number of anilines is 3. The van der Waals surface area contributed by atoms with Crippen molar-refractivity contribution in [3.8, 4) is 11.5 Å². The number of carbonyl (C=O) groups is 1. The molecule has 168 valence electrons. The van der Waals surface area contributed by atoms with Crippen LogP contribution in [0, 0.1) is 5.92 Å². The van der Waals surface area contributed by atoms with Crippen LogP contribution in [0.5, 0.6) is 11.5 Å². The van der Waals surface area contributed by atoms with Gasteiger partial charge in [0.1, 0.15) is 29.5 Å². The Morgan fingerprint density at radius 1 is 1.16 bits per heavy atom. The molecule has 0 aliphatic carbocycles. The molecule has 31 heavy (non-hydrogen) atoms. The van der Waals surface area contributed by atoms with Crippen LogP contribution >= 0.6 is 0 Å². The predicted molar refractivity (Wildman–Crippen MR) is 123 cm³/mol. The minimum Gasteiger partial charge on any atom is -0.497 e. The van der Waals surface area contributed by atoms with Gasteiger partial charge in [-0.15, -0.1) is 0 Å². The maximum Gasteiger partial charge on any atom is 0.224 e. The minimum atomic E-state index is 0.00772. The highest BCUT2D eigenvalue weighted by molar-refractivity contribution is 5.92. The van der Waals surface area contributed by atoms with E-state index < -0.39 is 0 Å². The summed E-state index contributed by atoms with van der Waals surface area (Å²) in [5, 5.41) is 6.27. The number of piperidine rings is 1. The van der Waals surface area contributed by atoms with Gasteiger partial charge in [0.15, 0.2) is 0 Å². The van der Waals surface area contributed by atoms with Crippen molar-refractivity contribution in [2.45, 2.75) is 39.0 Å². The first-order valence-electron chi connectivity index (χ1n) is 11.0. The van der Waals surface area contributed by atoms with E-state index in [1.165, 1.54) is 0 Å². The molecule has 0 atom stereocenters. The number of nitrogens with zero attached hydrogens (tertiary/aromatic N) is 3. The molecule has 0 unspecified atom stereocenters. The van der Waals surface area contributed by atoms with E-state index in [1.54, 1.807) is 32.7 Å². The van der Waals surface area contributed by atoms with Crippen LogP contribution in [-0.2, 0) is 4.79 Å². The van der Waals surface area contributed by atoms with Crippen LogP contribution in [0.15, 0.2) is 30.6 Å². The molecule has 3 rings (SSSR count). The molecule has 0 bridgehead atoms. The Hall–Kier alpha value is -3.03. The summed E-state index contributed by atoms with van der Waals surface area (Å²) in [7, 11) is 3.18. The Kier molecular flexibility index (Phi) is 8.32. The third-order valence-corrected chi connectivity index (χ3v) is 5.61. The summed E-state index contributed by atoms with van der Waals surface area (Å²) in [6, 6.07) is 7.40.